The molecule has 1 aromatic rings. The molecule has 0 atom stereocenters. The molecule has 0 saturated heterocycles. The van der Waals surface area contributed by atoms with Crippen LogP contribution < -0.4 is 15.8 Å². The predicted molar refractivity (Wildman–Crippen MR) is 57.6 cm³/mol. The summed E-state index contributed by atoms with van der Waals surface area (Å²) in [4.78, 5) is 0. The lowest BCUT2D eigenvalue weighted by molar-refractivity contribution is 0.369. The van der Waals surface area contributed by atoms with Crippen LogP contribution in [0.3, 0.4) is 0 Å². The van der Waals surface area contributed by atoms with E-state index in [0.29, 0.717) is 17.8 Å². The lowest BCUT2D eigenvalue weighted by Gasteiger charge is -2.34. The van der Waals surface area contributed by atoms with E-state index in [1.165, 1.54) is 19.2 Å². The number of methoxy groups -OCH3 is 1. The van der Waals surface area contributed by atoms with Gasteiger partial charge in [-0.3, -0.25) is 0 Å². The molecule has 82 valence electrons. The molecule has 0 amide bonds. The highest BCUT2D eigenvalue weighted by Gasteiger charge is 2.26. The van der Waals surface area contributed by atoms with Crippen LogP contribution in [0.2, 0.25) is 0 Å². The van der Waals surface area contributed by atoms with E-state index in [1.807, 2.05) is 0 Å². The van der Waals surface area contributed by atoms with Gasteiger partial charge in [0, 0.05) is 18.2 Å². The van der Waals surface area contributed by atoms with Gasteiger partial charge >= 0.3 is 0 Å². The largest absolute Gasteiger partial charge is 0.494 e. The number of halogens is 1. The van der Waals surface area contributed by atoms with E-state index in [9.17, 15) is 4.39 Å². The van der Waals surface area contributed by atoms with Gasteiger partial charge in [-0.15, -0.1) is 0 Å². The molecule has 0 unspecified atom stereocenters. The van der Waals surface area contributed by atoms with Gasteiger partial charge in [-0.1, -0.05) is 0 Å². The molecule has 0 aliphatic heterocycles. The SMILES string of the molecule is COc1cc(F)ccc1NC1CC(N)C1. The Labute approximate surface area is 88.4 Å². The molecule has 3 nitrogen and oxygen atoms in total. The van der Waals surface area contributed by atoms with E-state index >= 15 is 0 Å². The molecule has 15 heavy (non-hydrogen) atoms. The number of anilines is 1. The summed E-state index contributed by atoms with van der Waals surface area (Å²) in [6.45, 7) is 0. The Balaban J connectivity index is 2.07. The fourth-order valence-electron chi connectivity index (χ4n) is 1.78. The fraction of sp³-hybridized carbons (Fsp3) is 0.455. The topological polar surface area (TPSA) is 47.3 Å². The Morgan fingerprint density at radius 3 is 2.80 bits per heavy atom. The molecule has 0 aromatic heterocycles. The maximum Gasteiger partial charge on any atom is 0.144 e. The third-order valence-electron chi connectivity index (χ3n) is 2.70. The first-order chi connectivity index (χ1) is 7.19. The van der Waals surface area contributed by atoms with E-state index < -0.39 is 0 Å². The van der Waals surface area contributed by atoms with Crippen molar-refractivity contribution in [3.8, 4) is 5.75 Å². The second kappa shape index (κ2) is 4.06. The smallest absolute Gasteiger partial charge is 0.144 e. The van der Waals surface area contributed by atoms with Crippen LogP contribution in [0.5, 0.6) is 5.75 Å². The minimum absolute atomic E-state index is 0.289. The summed E-state index contributed by atoms with van der Waals surface area (Å²) >= 11 is 0. The van der Waals surface area contributed by atoms with Crippen LogP contribution in [0.4, 0.5) is 10.1 Å². The molecule has 1 aliphatic carbocycles. The van der Waals surface area contributed by atoms with Crippen LogP contribution >= 0.6 is 0 Å². The van der Waals surface area contributed by atoms with Crippen LogP contribution in [0, 0.1) is 5.82 Å². The fourth-order valence-corrected chi connectivity index (χ4v) is 1.78. The molecule has 4 heteroatoms. The molecule has 1 aliphatic rings. The number of benzene rings is 1. The molecule has 0 spiro atoms. The van der Waals surface area contributed by atoms with Crippen LogP contribution in [0.15, 0.2) is 18.2 Å². The quantitative estimate of drug-likeness (QED) is 0.798. The maximum absolute atomic E-state index is 12.9. The molecule has 3 N–H and O–H groups in total. The average molecular weight is 210 g/mol. The van der Waals surface area contributed by atoms with Crippen molar-refractivity contribution in [1.82, 2.24) is 0 Å². The highest BCUT2D eigenvalue weighted by molar-refractivity contribution is 5.57. The first-order valence-electron chi connectivity index (χ1n) is 5.04. The summed E-state index contributed by atoms with van der Waals surface area (Å²) in [6.07, 6.45) is 1.92. The van der Waals surface area contributed by atoms with Gasteiger partial charge in [-0.05, 0) is 25.0 Å². The Kier molecular flexibility index (Phi) is 2.77. The third kappa shape index (κ3) is 2.21. The predicted octanol–water partition coefficient (Wildman–Crippen LogP) is 1.74. The lowest BCUT2D eigenvalue weighted by atomic mass is 9.87. The molecule has 0 bridgehead atoms. The molecular weight excluding hydrogens is 195 g/mol. The number of nitrogens with one attached hydrogen (secondary N) is 1. The van der Waals surface area contributed by atoms with Crippen LogP contribution in [0.1, 0.15) is 12.8 Å². The molecule has 0 heterocycles. The molecule has 2 rings (SSSR count). The zero-order chi connectivity index (χ0) is 10.8. The molecule has 0 radical (unpaired) electrons. The summed E-state index contributed by atoms with van der Waals surface area (Å²) in [7, 11) is 1.53. The Morgan fingerprint density at radius 2 is 2.20 bits per heavy atom. The number of nitrogens with two attached hydrogens (primary N) is 1. The highest BCUT2D eigenvalue weighted by Crippen LogP contribution is 2.29. The van der Waals surface area contributed by atoms with E-state index in [2.05, 4.69) is 5.32 Å². The monoisotopic (exact) mass is 210 g/mol. The third-order valence-corrected chi connectivity index (χ3v) is 2.70. The standard InChI is InChI=1S/C11H15FN2O/c1-15-11-4-7(12)2-3-10(11)14-9-5-8(13)6-9/h2-4,8-9,14H,5-6,13H2,1H3. The second-order valence-corrected chi connectivity index (χ2v) is 3.92. The number of ether oxygens (including phenoxy) is 1. The molecule has 1 saturated carbocycles. The summed E-state index contributed by atoms with van der Waals surface area (Å²) in [5, 5.41) is 3.28. The molecule has 1 fully saturated rings. The van der Waals surface area contributed by atoms with E-state index in [1.54, 1.807) is 6.07 Å². The maximum atomic E-state index is 12.9. The van der Waals surface area contributed by atoms with Gasteiger partial charge in [0.1, 0.15) is 11.6 Å². The van der Waals surface area contributed by atoms with Gasteiger partial charge < -0.3 is 15.8 Å². The zero-order valence-electron chi connectivity index (χ0n) is 8.66. The average Bonchev–Trinajstić information content (AvgIpc) is 2.18. The van der Waals surface area contributed by atoms with Gasteiger partial charge in [0.05, 0.1) is 12.8 Å². The molecule has 1 aromatic carbocycles. The molecular formula is C11H15FN2O. The van der Waals surface area contributed by atoms with E-state index in [-0.39, 0.29) is 5.82 Å². The Bertz CT molecular complexity index is 350. The van der Waals surface area contributed by atoms with Crippen LogP contribution in [-0.4, -0.2) is 19.2 Å². The minimum Gasteiger partial charge on any atom is -0.494 e. The van der Waals surface area contributed by atoms with Gasteiger partial charge in [0.15, 0.2) is 0 Å². The summed E-state index contributed by atoms with van der Waals surface area (Å²) in [5.74, 6) is 0.248. The van der Waals surface area contributed by atoms with Crippen molar-refractivity contribution in [2.75, 3.05) is 12.4 Å². The van der Waals surface area contributed by atoms with Crippen molar-refractivity contribution in [2.45, 2.75) is 24.9 Å². The van der Waals surface area contributed by atoms with Gasteiger partial charge in [-0.2, -0.15) is 0 Å². The van der Waals surface area contributed by atoms with Gasteiger partial charge in [-0.25, -0.2) is 4.39 Å². The van der Waals surface area contributed by atoms with Crippen molar-refractivity contribution in [1.29, 1.82) is 0 Å². The summed E-state index contributed by atoms with van der Waals surface area (Å²) in [5.41, 5.74) is 6.52. The van der Waals surface area contributed by atoms with Crippen molar-refractivity contribution >= 4 is 5.69 Å². The van der Waals surface area contributed by atoms with Crippen LogP contribution in [-0.2, 0) is 0 Å². The van der Waals surface area contributed by atoms with Crippen molar-refractivity contribution in [2.24, 2.45) is 5.73 Å². The zero-order valence-corrected chi connectivity index (χ0v) is 8.66. The first-order valence-corrected chi connectivity index (χ1v) is 5.04. The summed E-state index contributed by atoms with van der Waals surface area (Å²) < 4.78 is 18.0. The van der Waals surface area contributed by atoms with E-state index in [0.717, 1.165) is 18.5 Å². The van der Waals surface area contributed by atoms with Crippen molar-refractivity contribution < 1.29 is 9.13 Å². The Hall–Kier alpha value is -1.29. The number of hydrogen-bond donors (Lipinski definition) is 2. The second-order valence-electron chi connectivity index (χ2n) is 3.92. The first kappa shape index (κ1) is 10.2. The lowest BCUT2D eigenvalue weighted by Crippen LogP contribution is -2.44. The Morgan fingerprint density at radius 1 is 1.47 bits per heavy atom. The van der Waals surface area contributed by atoms with E-state index in [4.69, 9.17) is 10.5 Å². The minimum atomic E-state index is -0.289. The number of hydrogen-bond acceptors (Lipinski definition) is 3. The van der Waals surface area contributed by atoms with Crippen LogP contribution in [0.25, 0.3) is 0 Å². The highest BCUT2D eigenvalue weighted by atomic mass is 19.1. The van der Waals surface area contributed by atoms with Gasteiger partial charge in [0.2, 0.25) is 0 Å². The normalized spacial score (nSPS) is 24.5. The van der Waals surface area contributed by atoms with Crippen molar-refractivity contribution in [3.63, 3.8) is 0 Å². The van der Waals surface area contributed by atoms with Crippen molar-refractivity contribution in [3.05, 3.63) is 24.0 Å². The summed E-state index contributed by atoms with van der Waals surface area (Å²) in [6, 6.07) is 5.18. The van der Waals surface area contributed by atoms with Gasteiger partial charge in [0.25, 0.3) is 0 Å². The number of rotatable bonds is 3.